The van der Waals surface area contributed by atoms with E-state index in [-0.39, 0.29) is 15.9 Å². The van der Waals surface area contributed by atoms with Crippen molar-refractivity contribution in [2.24, 2.45) is 5.41 Å². The summed E-state index contributed by atoms with van der Waals surface area (Å²) in [6.45, 7) is 4.56. The first-order valence-electron chi connectivity index (χ1n) is 9.95. The van der Waals surface area contributed by atoms with Crippen LogP contribution in [0.4, 0.5) is 4.39 Å². The molecule has 1 saturated carbocycles. The zero-order valence-electron chi connectivity index (χ0n) is 15.9. The van der Waals surface area contributed by atoms with Crippen molar-refractivity contribution in [3.63, 3.8) is 0 Å². The molecule has 3 aliphatic rings. The largest absolute Gasteiger partial charge is 0.379 e. The first-order chi connectivity index (χ1) is 13.4. The number of sulfonamides is 1. The molecule has 1 aromatic rings. The van der Waals surface area contributed by atoms with E-state index in [1.54, 1.807) is 6.07 Å². The molecule has 3 fully saturated rings. The van der Waals surface area contributed by atoms with Crippen LogP contribution in [0.25, 0.3) is 0 Å². The van der Waals surface area contributed by atoms with Crippen molar-refractivity contribution in [1.29, 1.82) is 5.26 Å². The van der Waals surface area contributed by atoms with Crippen molar-refractivity contribution in [2.45, 2.75) is 43.0 Å². The van der Waals surface area contributed by atoms with E-state index in [4.69, 9.17) is 10.00 Å². The fraction of sp³-hybridized carbons (Fsp3) is 0.650. The molecule has 1 atom stereocenters. The molecule has 4 rings (SSSR count). The van der Waals surface area contributed by atoms with E-state index in [1.807, 2.05) is 0 Å². The van der Waals surface area contributed by atoms with Crippen LogP contribution >= 0.6 is 0 Å². The number of rotatable bonds is 3. The van der Waals surface area contributed by atoms with Gasteiger partial charge in [-0.25, -0.2) is 12.8 Å². The zero-order chi connectivity index (χ0) is 19.8. The SMILES string of the molecule is N#Cc1cc(S(=O)(=O)N2CCC3(CCC(N4CCOCC4)C3)CC2)ccc1F. The number of benzene rings is 1. The summed E-state index contributed by atoms with van der Waals surface area (Å²) < 4.78 is 46.4. The molecule has 1 aliphatic carbocycles. The van der Waals surface area contributed by atoms with Gasteiger partial charge in [-0.2, -0.15) is 9.57 Å². The van der Waals surface area contributed by atoms with Gasteiger partial charge in [-0.05, 0) is 55.7 Å². The molecule has 6 nitrogen and oxygen atoms in total. The maximum atomic E-state index is 13.5. The standard InChI is InChI=1S/C20H26FN3O3S/c21-19-2-1-18(13-16(19)15-22)28(25,26)24-7-5-20(6-8-24)4-3-17(14-20)23-9-11-27-12-10-23/h1-2,13,17H,3-12,14H2. The third-order valence-electron chi connectivity index (χ3n) is 6.72. The summed E-state index contributed by atoms with van der Waals surface area (Å²) in [5, 5.41) is 8.98. The Morgan fingerprint density at radius 3 is 2.54 bits per heavy atom. The number of piperidine rings is 1. The molecule has 1 unspecified atom stereocenters. The van der Waals surface area contributed by atoms with Crippen LogP contribution < -0.4 is 0 Å². The summed E-state index contributed by atoms with van der Waals surface area (Å²) in [5.74, 6) is -0.695. The molecule has 0 bridgehead atoms. The van der Waals surface area contributed by atoms with Gasteiger partial charge in [0.05, 0.1) is 23.7 Å². The second-order valence-corrected chi connectivity index (χ2v) is 10.1. The number of hydrogen-bond donors (Lipinski definition) is 0. The predicted octanol–water partition coefficient (Wildman–Crippen LogP) is 2.35. The lowest BCUT2D eigenvalue weighted by molar-refractivity contribution is 0.0137. The van der Waals surface area contributed by atoms with Crippen LogP contribution in [0.3, 0.4) is 0 Å². The molecule has 1 spiro atoms. The Kier molecular flexibility index (Phi) is 5.45. The van der Waals surface area contributed by atoms with Crippen LogP contribution in [0.2, 0.25) is 0 Å². The van der Waals surface area contributed by atoms with Gasteiger partial charge in [0.25, 0.3) is 0 Å². The molecule has 0 aromatic heterocycles. The lowest BCUT2D eigenvalue weighted by Crippen LogP contribution is -2.45. The fourth-order valence-corrected chi connectivity index (χ4v) is 6.45. The van der Waals surface area contributed by atoms with Crippen molar-refractivity contribution < 1.29 is 17.5 Å². The number of hydrogen-bond acceptors (Lipinski definition) is 5. The highest BCUT2D eigenvalue weighted by molar-refractivity contribution is 7.89. The van der Waals surface area contributed by atoms with Crippen molar-refractivity contribution >= 4 is 10.0 Å². The molecule has 0 amide bonds. The van der Waals surface area contributed by atoms with Crippen LogP contribution in [-0.4, -0.2) is 63.1 Å². The number of halogens is 1. The van der Waals surface area contributed by atoms with Crippen LogP contribution in [-0.2, 0) is 14.8 Å². The van der Waals surface area contributed by atoms with Gasteiger partial charge in [-0.1, -0.05) is 0 Å². The second kappa shape index (κ2) is 7.71. The molecule has 8 heteroatoms. The molecule has 2 saturated heterocycles. The number of nitriles is 1. The van der Waals surface area contributed by atoms with Gasteiger partial charge in [0.15, 0.2) is 0 Å². The smallest absolute Gasteiger partial charge is 0.243 e. The Bertz CT molecular complexity index is 869. The Hall–Kier alpha value is -1.53. The number of ether oxygens (including phenoxy) is 1. The topological polar surface area (TPSA) is 73.6 Å². The monoisotopic (exact) mass is 407 g/mol. The minimum Gasteiger partial charge on any atom is -0.379 e. The zero-order valence-corrected chi connectivity index (χ0v) is 16.8. The van der Waals surface area contributed by atoms with Crippen molar-refractivity contribution in [3.05, 3.63) is 29.6 Å². The second-order valence-electron chi connectivity index (χ2n) is 8.20. The summed E-state index contributed by atoms with van der Waals surface area (Å²) in [6.07, 6.45) is 5.18. The van der Waals surface area contributed by atoms with Gasteiger partial charge in [-0.3, -0.25) is 4.90 Å². The minimum atomic E-state index is -3.70. The van der Waals surface area contributed by atoms with E-state index < -0.39 is 15.8 Å². The van der Waals surface area contributed by atoms with Crippen LogP contribution in [0.1, 0.15) is 37.7 Å². The molecule has 1 aromatic carbocycles. The first-order valence-corrected chi connectivity index (χ1v) is 11.4. The van der Waals surface area contributed by atoms with Gasteiger partial charge < -0.3 is 4.74 Å². The summed E-state index contributed by atoms with van der Waals surface area (Å²) in [7, 11) is -3.70. The highest BCUT2D eigenvalue weighted by atomic mass is 32.2. The molecule has 2 aliphatic heterocycles. The van der Waals surface area contributed by atoms with Crippen LogP contribution in [0, 0.1) is 22.6 Å². The van der Waals surface area contributed by atoms with Gasteiger partial charge in [0.1, 0.15) is 11.9 Å². The molecular formula is C20H26FN3O3S. The quantitative estimate of drug-likeness (QED) is 0.769. The molecule has 0 radical (unpaired) electrons. The average molecular weight is 408 g/mol. The highest BCUT2D eigenvalue weighted by Gasteiger charge is 2.45. The number of nitrogens with zero attached hydrogens (tertiary/aromatic N) is 3. The van der Waals surface area contributed by atoms with Gasteiger partial charge in [-0.15, -0.1) is 0 Å². The molecule has 0 N–H and O–H groups in total. The Balaban J connectivity index is 1.42. The van der Waals surface area contributed by atoms with Crippen LogP contribution in [0.15, 0.2) is 23.1 Å². The van der Waals surface area contributed by atoms with Crippen molar-refractivity contribution in [3.8, 4) is 6.07 Å². The Morgan fingerprint density at radius 1 is 1.14 bits per heavy atom. The van der Waals surface area contributed by atoms with E-state index in [9.17, 15) is 12.8 Å². The molecule has 28 heavy (non-hydrogen) atoms. The van der Waals surface area contributed by atoms with Crippen LogP contribution in [0.5, 0.6) is 0 Å². The van der Waals surface area contributed by atoms with Gasteiger partial charge in [0.2, 0.25) is 10.0 Å². The van der Waals surface area contributed by atoms with E-state index in [1.165, 1.54) is 16.8 Å². The van der Waals surface area contributed by atoms with Gasteiger partial charge in [0, 0.05) is 32.2 Å². The predicted molar refractivity (Wildman–Crippen MR) is 102 cm³/mol. The lowest BCUT2D eigenvalue weighted by Gasteiger charge is -2.40. The number of morpholine rings is 1. The third-order valence-corrected chi connectivity index (χ3v) is 8.61. The van der Waals surface area contributed by atoms with Gasteiger partial charge >= 0.3 is 0 Å². The average Bonchev–Trinajstić information content (AvgIpc) is 3.13. The summed E-state index contributed by atoms with van der Waals surface area (Å²) in [6, 6.07) is 5.74. The van der Waals surface area contributed by atoms with E-state index >= 15 is 0 Å². The van der Waals surface area contributed by atoms with E-state index in [2.05, 4.69) is 4.90 Å². The summed E-state index contributed by atoms with van der Waals surface area (Å²) >= 11 is 0. The first kappa shape index (κ1) is 19.8. The summed E-state index contributed by atoms with van der Waals surface area (Å²) in [5.41, 5.74) is -0.00557. The third kappa shape index (κ3) is 3.69. The Labute approximate surface area is 165 Å². The normalized spacial score (nSPS) is 26.4. The van der Waals surface area contributed by atoms with Crippen molar-refractivity contribution in [2.75, 3.05) is 39.4 Å². The maximum absolute atomic E-state index is 13.5. The molecule has 2 heterocycles. The minimum absolute atomic E-state index is 0.000912. The maximum Gasteiger partial charge on any atom is 0.243 e. The highest BCUT2D eigenvalue weighted by Crippen LogP contribution is 2.48. The van der Waals surface area contributed by atoms with Crippen molar-refractivity contribution in [1.82, 2.24) is 9.21 Å². The fourth-order valence-electron chi connectivity index (χ4n) is 4.99. The Morgan fingerprint density at radius 2 is 1.86 bits per heavy atom. The molecule has 152 valence electrons. The summed E-state index contributed by atoms with van der Waals surface area (Å²) in [4.78, 5) is 2.53. The van der Waals surface area contributed by atoms with E-state index in [0.717, 1.165) is 64.1 Å². The molecular weight excluding hydrogens is 381 g/mol. The lowest BCUT2D eigenvalue weighted by atomic mass is 9.77. The van der Waals surface area contributed by atoms with E-state index in [0.29, 0.717) is 19.1 Å².